The van der Waals surface area contributed by atoms with E-state index in [0.29, 0.717) is 28.9 Å². The largest absolute Gasteiger partial charge is 0.393 e. The van der Waals surface area contributed by atoms with Crippen molar-refractivity contribution in [3.05, 3.63) is 102 Å². The van der Waals surface area contributed by atoms with E-state index in [0.717, 1.165) is 17.0 Å². The molecular weight excluding hydrogens is 523 g/mol. The van der Waals surface area contributed by atoms with Gasteiger partial charge < -0.3 is 30.3 Å². The summed E-state index contributed by atoms with van der Waals surface area (Å²) in [7, 11) is 0. The van der Waals surface area contributed by atoms with Gasteiger partial charge in [-0.2, -0.15) is 0 Å². The first-order valence-corrected chi connectivity index (χ1v) is 13.8. The highest BCUT2D eigenvalue weighted by Gasteiger charge is 2.31. The number of aromatic nitrogens is 1. The van der Waals surface area contributed by atoms with Gasteiger partial charge in [0.1, 0.15) is 5.82 Å². The maximum atomic E-state index is 14.1. The standard InChI is InChI=1S/C33H37FN2O5/c1-21(2)31-30(33(41)35-25-11-7-4-8-12-25)29(22-9-5-3-6-10-22)32(23-13-15-24(34)16-14-23)36(31)18-17-26(37)19-27(38)20-28(39)40/h3-16,21,26-28,37-40H,17-20H2,1-2H3,(H,35,41)/t26?,27-/m1/s1. The number of halogens is 1. The van der Waals surface area contributed by atoms with Gasteiger partial charge in [-0.25, -0.2) is 4.39 Å². The summed E-state index contributed by atoms with van der Waals surface area (Å²) in [6, 6.07) is 24.9. The highest BCUT2D eigenvalue weighted by Crippen LogP contribution is 2.42. The topological polar surface area (TPSA) is 115 Å². The summed E-state index contributed by atoms with van der Waals surface area (Å²) >= 11 is 0. The second-order valence-corrected chi connectivity index (χ2v) is 10.5. The Morgan fingerprint density at radius 1 is 0.805 bits per heavy atom. The molecular formula is C33H37FN2O5. The Balaban J connectivity index is 1.89. The molecule has 0 bridgehead atoms. The second kappa shape index (κ2) is 13.7. The monoisotopic (exact) mass is 560 g/mol. The molecule has 0 aliphatic heterocycles. The van der Waals surface area contributed by atoms with E-state index in [4.69, 9.17) is 10.2 Å². The zero-order chi connectivity index (χ0) is 29.5. The van der Waals surface area contributed by atoms with Crippen LogP contribution in [0.2, 0.25) is 0 Å². The minimum atomic E-state index is -1.67. The van der Waals surface area contributed by atoms with Gasteiger partial charge in [-0.1, -0.05) is 62.4 Å². The van der Waals surface area contributed by atoms with Crippen LogP contribution in [0.5, 0.6) is 0 Å². The number of hydrogen-bond acceptors (Lipinski definition) is 5. The maximum Gasteiger partial charge on any atom is 0.258 e. The Hall–Kier alpha value is -3.82. The summed E-state index contributed by atoms with van der Waals surface area (Å²) in [5, 5.41) is 42.2. The van der Waals surface area contributed by atoms with Gasteiger partial charge in [0.05, 0.1) is 23.5 Å². The van der Waals surface area contributed by atoms with Crippen LogP contribution in [0.3, 0.4) is 0 Å². The van der Waals surface area contributed by atoms with E-state index in [2.05, 4.69) is 5.32 Å². The summed E-state index contributed by atoms with van der Waals surface area (Å²) < 4.78 is 16.0. The average Bonchev–Trinajstić information content (AvgIpc) is 3.28. The minimum absolute atomic E-state index is 0.0331. The number of anilines is 1. The molecule has 41 heavy (non-hydrogen) atoms. The lowest BCUT2D eigenvalue weighted by Crippen LogP contribution is -2.24. The first kappa shape index (κ1) is 30.1. The first-order chi connectivity index (χ1) is 19.7. The number of aliphatic hydroxyl groups is 4. The molecule has 7 nitrogen and oxygen atoms in total. The van der Waals surface area contributed by atoms with Gasteiger partial charge in [0, 0.05) is 29.9 Å². The quantitative estimate of drug-likeness (QED) is 0.146. The number of rotatable bonds is 12. The number of carbonyl (C=O) groups excluding carboxylic acids is 1. The van der Waals surface area contributed by atoms with Crippen molar-refractivity contribution in [3.8, 4) is 22.4 Å². The lowest BCUT2D eigenvalue weighted by molar-refractivity contribution is -0.0758. The molecule has 216 valence electrons. The Bertz CT molecular complexity index is 1420. The molecule has 8 heteroatoms. The minimum Gasteiger partial charge on any atom is -0.393 e. The summed E-state index contributed by atoms with van der Waals surface area (Å²) in [4.78, 5) is 14.1. The van der Waals surface area contributed by atoms with Gasteiger partial charge in [0.15, 0.2) is 6.29 Å². The molecule has 4 aromatic rings. The predicted octanol–water partition coefficient (Wildman–Crippen LogP) is 5.54. The van der Waals surface area contributed by atoms with Gasteiger partial charge >= 0.3 is 0 Å². The highest BCUT2D eigenvalue weighted by molar-refractivity contribution is 6.12. The van der Waals surface area contributed by atoms with Crippen LogP contribution in [0, 0.1) is 5.82 Å². The van der Waals surface area contributed by atoms with Gasteiger partial charge in [0.2, 0.25) is 0 Å². The Morgan fingerprint density at radius 2 is 1.41 bits per heavy atom. The van der Waals surface area contributed by atoms with Gasteiger partial charge in [-0.05, 0) is 66.3 Å². The van der Waals surface area contributed by atoms with E-state index >= 15 is 0 Å². The number of aliphatic hydroxyl groups excluding tert-OH is 3. The Morgan fingerprint density at radius 3 is 2.00 bits per heavy atom. The van der Waals surface area contributed by atoms with Crippen molar-refractivity contribution in [1.82, 2.24) is 4.57 Å². The zero-order valence-electron chi connectivity index (χ0n) is 23.2. The normalized spacial score (nSPS) is 13.0. The van der Waals surface area contributed by atoms with E-state index in [1.54, 1.807) is 12.1 Å². The molecule has 0 saturated carbocycles. The fourth-order valence-corrected chi connectivity index (χ4v) is 5.26. The molecule has 0 spiro atoms. The van der Waals surface area contributed by atoms with E-state index in [9.17, 15) is 19.4 Å². The lowest BCUT2D eigenvalue weighted by Gasteiger charge is -2.20. The van der Waals surface area contributed by atoms with Crippen LogP contribution in [-0.4, -0.2) is 49.4 Å². The summed E-state index contributed by atoms with van der Waals surface area (Å²) in [6.45, 7) is 4.29. The molecule has 4 rings (SSSR count). The fourth-order valence-electron chi connectivity index (χ4n) is 5.26. The maximum absolute atomic E-state index is 14.1. The molecule has 0 radical (unpaired) electrons. The molecule has 3 aromatic carbocycles. The highest BCUT2D eigenvalue weighted by atomic mass is 19.1. The third-order valence-corrected chi connectivity index (χ3v) is 7.00. The fraction of sp³-hybridized carbons (Fsp3) is 0.303. The number of benzene rings is 3. The molecule has 0 fully saturated rings. The first-order valence-electron chi connectivity index (χ1n) is 13.8. The van der Waals surface area contributed by atoms with Crippen LogP contribution < -0.4 is 5.32 Å². The number of hydrogen-bond donors (Lipinski definition) is 5. The molecule has 0 aliphatic carbocycles. The van der Waals surface area contributed by atoms with E-state index in [1.807, 2.05) is 79.1 Å². The molecule has 5 N–H and O–H groups in total. The third kappa shape index (κ3) is 7.48. The molecule has 1 amide bonds. The zero-order valence-corrected chi connectivity index (χ0v) is 23.2. The smallest absolute Gasteiger partial charge is 0.258 e. The van der Waals surface area contributed by atoms with Crippen molar-refractivity contribution in [1.29, 1.82) is 0 Å². The molecule has 0 aliphatic rings. The van der Waals surface area contributed by atoms with E-state index in [1.165, 1.54) is 12.1 Å². The second-order valence-electron chi connectivity index (χ2n) is 10.5. The van der Waals surface area contributed by atoms with Gasteiger partial charge in [-0.3, -0.25) is 4.79 Å². The van der Waals surface area contributed by atoms with Crippen molar-refractivity contribution in [2.45, 2.75) is 64.1 Å². The van der Waals surface area contributed by atoms with Crippen LogP contribution in [-0.2, 0) is 6.54 Å². The number of amides is 1. The SMILES string of the molecule is CC(C)c1c(C(=O)Nc2ccccc2)c(-c2ccccc2)c(-c2ccc(F)cc2)n1CCC(O)C[C@@H](O)CC(O)O. The number of nitrogens with one attached hydrogen (secondary N) is 1. The molecule has 0 saturated heterocycles. The van der Waals surface area contributed by atoms with Crippen LogP contribution in [0.4, 0.5) is 10.1 Å². The lowest BCUT2D eigenvalue weighted by atomic mass is 9.94. The van der Waals surface area contributed by atoms with Crippen LogP contribution in [0.15, 0.2) is 84.9 Å². The van der Waals surface area contributed by atoms with Crippen LogP contribution in [0.25, 0.3) is 22.4 Å². The Labute approximate surface area is 239 Å². The summed E-state index contributed by atoms with van der Waals surface area (Å²) in [6.07, 6.45) is -3.75. The van der Waals surface area contributed by atoms with E-state index < -0.39 is 18.5 Å². The summed E-state index contributed by atoms with van der Waals surface area (Å²) in [5.41, 5.74) is 4.85. The van der Waals surface area contributed by atoms with Crippen LogP contribution >= 0.6 is 0 Å². The Kier molecular flexibility index (Phi) is 10.1. The van der Waals surface area contributed by atoms with Crippen molar-refractivity contribution in [3.63, 3.8) is 0 Å². The van der Waals surface area contributed by atoms with Crippen molar-refractivity contribution < 1.29 is 29.6 Å². The molecule has 2 atom stereocenters. The van der Waals surface area contributed by atoms with Gasteiger partial charge in [0.25, 0.3) is 5.91 Å². The van der Waals surface area contributed by atoms with Gasteiger partial charge in [-0.15, -0.1) is 0 Å². The molecule has 1 heterocycles. The van der Waals surface area contributed by atoms with Crippen molar-refractivity contribution in [2.75, 3.05) is 5.32 Å². The summed E-state index contributed by atoms with van der Waals surface area (Å²) in [5.74, 6) is -0.765. The molecule has 1 unspecified atom stereocenters. The van der Waals surface area contributed by atoms with E-state index in [-0.39, 0.29) is 36.9 Å². The van der Waals surface area contributed by atoms with Crippen molar-refractivity contribution >= 4 is 11.6 Å². The number of para-hydroxylation sites is 1. The predicted molar refractivity (Wildman–Crippen MR) is 158 cm³/mol. The number of nitrogens with zero attached hydrogens (tertiary/aromatic N) is 1. The molecule has 1 aromatic heterocycles. The average molecular weight is 561 g/mol. The number of carbonyl (C=O) groups is 1. The van der Waals surface area contributed by atoms with Crippen molar-refractivity contribution in [2.24, 2.45) is 0 Å². The van der Waals surface area contributed by atoms with Crippen LogP contribution in [0.1, 0.15) is 55.1 Å². The third-order valence-electron chi connectivity index (χ3n) is 7.00.